The second-order valence-corrected chi connectivity index (χ2v) is 5.21. The molecule has 1 aromatic carbocycles. The van der Waals surface area contributed by atoms with Gasteiger partial charge in [0, 0.05) is 16.7 Å². The number of hydrogen-bond donors (Lipinski definition) is 0. The van der Waals surface area contributed by atoms with Crippen molar-refractivity contribution in [3.63, 3.8) is 0 Å². The topological polar surface area (TPSA) is 69.7 Å². The molecule has 0 aliphatic rings. The number of benzene rings is 1. The number of ether oxygens (including phenoxy) is 2. The molecule has 0 bridgehead atoms. The Kier molecular flexibility index (Phi) is 7.36. The Morgan fingerprint density at radius 3 is 2.21 bits per heavy atom. The Morgan fingerprint density at radius 2 is 1.62 bits per heavy atom. The molecule has 24 heavy (non-hydrogen) atoms. The molecule has 1 rings (SSSR count). The normalized spacial score (nSPS) is 10.7. The molecule has 126 valence electrons. The number of rotatable bonds is 7. The molecule has 1 aromatic rings. The van der Waals surface area contributed by atoms with Crippen LogP contribution in [0.1, 0.15) is 25.8 Å². The van der Waals surface area contributed by atoms with E-state index in [1.165, 1.54) is 19.9 Å². The van der Waals surface area contributed by atoms with Crippen LogP contribution in [0.5, 0.6) is 0 Å². The Bertz CT molecular complexity index is 683. The van der Waals surface area contributed by atoms with Crippen molar-refractivity contribution in [2.24, 2.45) is 0 Å². The maximum Gasteiger partial charge on any atom is 0.341 e. The lowest BCUT2D eigenvalue weighted by Crippen LogP contribution is -2.13. The summed E-state index contributed by atoms with van der Waals surface area (Å²) in [6.07, 6.45) is 1.58. The summed E-state index contributed by atoms with van der Waals surface area (Å²) in [5, 5.41) is 0. The lowest BCUT2D eigenvalue weighted by Gasteiger charge is -2.06. The Morgan fingerprint density at radius 1 is 1.00 bits per heavy atom. The third kappa shape index (κ3) is 6.44. The van der Waals surface area contributed by atoms with Gasteiger partial charge in [0.2, 0.25) is 0 Å². The maximum absolute atomic E-state index is 11.8. The van der Waals surface area contributed by atoms with Crippen molar-refractivity contribution >= 4 is 17.9 Å². The van der Waals surface area contributed by atoms with Crippen LogP contribution in [-0.4, -0.2) is 17.9 Å². The fourth-order valence-corrected chi connectivity index (χ4v) is 1.52. The lowest BCUT2D eigenvalue weighted by molar-refractivity contribution is -0.154. The highest BCUT2D eigenvalue weighted by Gasteiger charge is 2.14. The van der Waals surface area contributed by atoms with Crippen LogP contribution >= 0.6 is 0 Å². The maximum atomic E-state index is 11.8. The van der Waals surface area contributed by atoms with Gasteiger partial charge in [-0.25, -0.2) is 14.4 Å². The number of carbonyl (C=O) groups excluding carboxylic acids is 3. The van der Waals surface area contributed by atoms with Gasteiger partial charge in [0.05, 0.1) is 0 Å². The molecule has 0 aromatic heterocycles. The van der Waals surface area contributed by atoms with E-state index in [9.17, 15) is 14.4 Å². The predicted octanol–water partition coefficient (Wildman–Crippen LogP) is 3.27. The molecule has 0 spiro atoms. The molecule has 0 heterocycles. The van der Waals surface area contributed by atoms with Gasteiger partial charge >= 0.3 is 17.9 Å². The van der Waals surface area contributed by atoms with E-state index in [-0.39, 0.29) is 29.7 Å². The van der Waals surface area contributed by atoms with Crippen LogP contribution in [-0.2, 0) is 30.5 Å². The van der Waals surface area contributed by atoms with Gasteiger partial charge in [-0.3, -0.25) is 0 Å². The van der Waals surface area contributed by atoms with Gasteiger partial charge in [-0.15, -0.1) is 0 Å². The van der Waals surface area contributed by atoms with Gasteiger partial charge in [-0.1, -0.05) is 49.6 Å². The highest BCUT2D eigenvalue weighted by Crippen LogP contribution is 2.09. The van der Waals surface area contributed by atoms with Gasteiger partial charge in [0.25, 0.3) is 0 Å². The first-order valence-electron chi connectivity index (χ1n) is 7.29. The second kappa shape index (κ2) is 9.25. The predicted molar refractivity (Wildman–Crippen MR) is 89.7 cm³/mol. The Balaban J connectivity index is 2.48. The molecule has 0 saturated carbocycles. The molecule has 0 saturated heterocycles. The van der Waals surface area contributed by atoms with Crippen LogP contribution in [0, 0.1) is 0 Å². The molecule has 0 amide bonds. The van der Waals surface area contributed by atoms with Crippen molar-refractivity contribution in [2.75, 3.05) is 0 Å². The van der Waals surface area contributed by atoms with E-state index in [4.69, 9.17) is 4.74 Å². The average Bonchev–Trinajstić information content (AvgIpc) is 2.57. The number of allylic oxidation sites excluding steroid dienone is 1. The van der Waals surface area contributed by atoms with Crippen molar-refractivity contribution < 1.29 is 23.9 Å². The first-order chi connectivity index (χ1) is 11.3. The summed E-state index contributed by atoms with van der Waals surface area (Å²) >= 11 is 0. The Labute approximate surface area is 141 Å². The molecular formula is C19H20O5. The van der Waals surface area contributed by atoms with Crippen molar-refractivity contribution in [3.05, 3.63) is 71.8 Å². The second-order valence-electron chi connectivity index (χ2n) is 5.21. The zero-order valence-corrected chi connectivity index (χ0v) is 13.8. The summed E-state index contributed by atoms with van der Waals surface area (Å²) in [7, 11) is 0. The van der Waals surface area contributed by atoms with E-state index >= 15 is 0 Å². The molecule has 0 atom stereocenters. The lowest BCUT2D eigenvalue weighted by atomic mass is 10.1. The van der Waals surface area contributed by atoms with Crippen LogP contribution in [0.4, 0.5) is 0 Å². The zero-order chi connectivity index (χ0) is 18.1. The van der Waals surface area contributed by atoms with Crippen LogP contribution in [0.2, 0.25) is 0 Å². The van der Waals surface area contributed by atoms with Gasteiger partial charge in [-0.2, -0.15) is 0 Å². The number of carbonyl (C=O) groups is 3. The highest BCUT2D eigenvalue weighted by molar-refractivity contribution is 6.01. The van der Waals surface area contributed by atoms with Gasteiger partial charge in [0.1, 0.15) is 6.61 Å². The molecular weight excluding hydrogens is 308 g/mol. The fourth-order valence-electron chi connectivity index (χ4n) is 1.52. The van der Waals surface area contributed by atoms with E-state index in [1.54, 1.807) is 0 Å². The third-order valence-corrected chi connectivity index (χ3v) is 3.01. The zero-order valence-electron chi connectivity index (χ0n) is 13.8. The van der Waals surface area contributed by atoms with E-state index in [0.29, 0.717) is 0 Å². The van der Waals surface area contributed by atoms with Crippen LogP contribution < -0.4 is 0 Å². The van der Waals surface area contributed by atoms with Crippen molar-refractivity contribution in [1.82, 2.24) is 0 Å². The molecule has 5 heteroatoms. The molecule has 5 nitrogen and oxygen atoms in total. The SMILES string of the molecule is C=C(C)C(=O)OC(=O)C(C)=CCC(=C)C(=O)OCc1ccccc1. The van der Waals surface area contributed by atoms with Crippen LogP contribution in [0.15, 0.2) is 66.3 Å². The molecule has 0 N–H and O–H groups in total. The van der Waals surface area contributed by atoms with Crippen molar-refractivity contribution in [1.29, 1.82) is 0 Å². The molecule has 0 fully saturated rings. The quantitative estimate of drug-likeness (QED) is 0.436. The minimum atomic E-state index is -0.784. The van der Waals surface area contributed by atoms with E-state index in [1.807, 2.05) is 30.3 Å². The van der Waals surface area contributed by atoms with Gasteiger partial charge in [0.15, 0.2) is 0 Å². The summed E-state index contributed by atoms with van der Waals surface area (Å²) in [6, 6.07) is 9.25. The van der Waals surface area contributed by atoms with E-state index < -0.39 is 17.9 Å². The number of esters is 3. The van der Waals surface area contributed by atoms with E-state index in [0.717, 1.165) is 5.56 Å². The molecule has 0 aliphatic heterocycles. The third-order valence-electron chi connectivity index (χ3n) is 3.01. The summed E-state index contributed by atoms with van der Waals surface area (Å²) < 4.78 is 9.71. The van der Waals surface area contributed by atoms with E-state index in [2.05, 4.69) is 17.9 Å². The highest BCUT2D eigenvalue weighted by atomic mass is 16.6. The molecule has 0 radical (unpaired) electrons. The van der Waals surface area contributed by atoms with Gasteiger partial charge < -0.3 is 9.47 Å². The first kappa shape index (κ1) is 19.1. The minimum Gasteiger partial charge on any atom is -0.457 e. The van der Waals surface area contributed by atoms with Gasteiger partial charge in [-0.05, 0) is 25.8 Å². The minimum absolute atomic E-state index is 0.121. The van der Waals surface area contributed by atoms with Crippen LogP contribution in [0.3, 0.4) is 0 Å². The summed E-state index contributed by atoms with van der Waals surface area (Å²) in [5.41, 5.74) is 1.39. The molecule has 0 aliphatic carbocycles. The number of hydrogen-bond acceptors (Lipinski definition) is 5. The standard InChI is InChI=1S/C19H20O5/c1-13(2)17(20)24-19(22)15(4)11-10-14(3)18(21)23-12-16-8-6-5-7-9-16/h5-9,11H,1,3,10,12H2,2,4H3. The first-order valence-corrected chi connectivity index (χ1v) is 7.29. The summed E-state index contributed by atoms with van der Waals surface area (Å²) in [4.78, 5) is 34.7. The monoisotopic (exact) mass is 328 g/mol. The largest absolute Gasteiger partial charge is 0.457 e. The fraction of sp³-hybridized carbons (Fsp3) is 0.211. The average molecular weight is 328 g/mol. The Hall–Kier alpha value is -2.95. The van der Waals surface area contributed by atoms with Crippen LogP contribution in [0.25, 0.3) is 0 Å². The summed E-state index contributed by atoms with van der Waals surface area (Å²) in [5.74, 6) is -2.11. The summed E-state index contributed by atoms with van der Waals surface area (Å²) in [6.45, 7) is 10.1. The smallest absolute Gasteiger partial charge is 0.341 e. The van der Waals surface area contributed by atoms with Crippen molar-refractivity contribution in [3.8, 4) is 0 Å². The van der Waals surface area contributed by atoms with Crippen molar-refractivity contribution in [2.45, 2.75) is 26.9 Å². The molecule has 0 unspecified atom stereocenters.